The van der Waals surface area contributed by atoms with E-state index in [0.717, 1.165) is 0 Å². The topological polar surface area (TPSA) is 73.2 Å². The van der Waals surface area contributed by atoms with E-state index in [4.69, 9.17) is 5.26 Å². The molecule has 1 heterocycles. The number of sulfonamides is 1. The average Bonchev–Trinajstić information content (AvgIpc) is 2.39. The lowest BCUT2D eigenvalue weighted by atomic mass is 10.2. The van der Waals surface area contributed by atoms with E-state index in [9.17, 15) is 8.42 Å². The molecule has 7 heteroatoms. The van der Waals surface area contributed by atoms with E-state index in [0.29, 0.717) is 36.2 Å². The Bertz CT molecular complexity index is 589. The highest BCUT2D eigenvalue weighted by molar-refractivity contribution is 9.10. The zero-order valence-corrected chi connectivity index (χ0v) is 12.0. The molecule has 0 radical (unpaired) electrons. The van der Waals surface area contributed by atoms with Crippen molar-refractivity contribution < 1.29 is 8.42 Å². The van der Waals surface area contributed by atoms with Gasteiger partial charge < -0.3 is 5.32 Å². The Morgan fingerprint density at radius 2 is 1.94 bits per heavy atom. The largest absolute Gasteiger partial charge is 0.314 e. The summed E-state index contributed by atoms with van der Waals surface area (Å²) in [6.07, 6.45) is 0. The number of nitrogens with zero attached hydrogens (tertiary/aromatic N) is 2. The third kappa shape index (κ3) is 2.72. The van der Waals surface area contributed by atoms with Crippen molar-refractivity contribution >= 4 is 26.0 Å². The molecule has 18 heavy (non-hydrogen) atoms. The molecule has 0 aromatic heterocycles. The maximum absolute atomic E-state index is 12.4. The van der Waals surface area contributed by atoms with Gasteiger partial charge in [-0.15, -0.1) is 0 Å². The fraction of sp³-hybridized carbons (Fsp3) is 0.364. The van der Waals surface area contributed by atoms with Crippen LogP contribution in [0.25, 0.3) is 0 Å². The van der Waals surface area contributed by atoms with Gasteiger partial charge in [0.15, 0.2) is 0 Å². The molecule has 0 atom stereocenters. The number of nitrogens with one attached hydrogen (secondary N) is 1. The zero-order chi connectivity index (χ0) is 13.2. The van der Waals surface area contributed by atoms with E-state index in [-0.39, 0.29) is 4.90 Å². The standard InChI is InChI=1S/C11H12BrN3O2S/c12-10-5-9(8-13)6-11(7-10)18(16,17)15-3-1-14-2-4-15/h5-7,14H,1-4H2. The molecule has 0 unspecified atom stereocenters. The second-order valence-electron chi connectivity index (χ2n) is 3.94. The average molecular weight is 330 g/mol. The summed E-state index contributed by atoms with van der Waals surface area (Å²) >= 11 is 3.22. The summed E-state index contributed by atoms with van der Waals surface area (Å²) in [5, 5.41) is 12.0. The van der Waals surface area contributed by atoms with Gasteiger partial charge in [0, 0.05) is 30.7 Å². The Morgan fingerprint density at radius 1 is 1.28 bits per heavy atom. The van der Waals surface area contributed by atoms with E-state index < -0.39 is 10.0 Å². The van der Waals surface area contributed by atoms with Crippen molar-refractivity contribution in [1.82, 2.24) is 9.62 Å². The normalized spacial score (nSPS) is 17.3. The van der Waals surface area contributed by atoms with Gasteiger partial charge in [-0.25, -0.2) is 8.42 Å². The van der Waals surface area contributed by atoms with Gasteiger partial charge in [-0.1, -0.05) is 15.9 Å². The van der Waals surface area contributed by atoms with Gasteiger partial charge in [0.2, 0.25) is 10.0 Å². The summed E-state index contributed by atoms with van der Waals surface area (Å²) in [6.45, 7) is 2.21. The molecule has 0 bridgehead atoms. The van der Waals surface area contributed by atoms with Gasteiger partial charge >= 0.3 is 0 Å². The van der Waals surface area contributed by atoms with Crippen molar-refractivity contribution in [3.05, 3.63) is 28.2 Å². The summed E-state index contributed by atoms with van der Waals surface area (Å²) in [5.74, 6) is 0. The summed E-state index contributed by atoms with van der Waals surface area (Å²) in [6, 6.07) is 6.48. The first-order valence-electron chi connectivity index (χ1n) is 5.45. The molecule has 96 valence electrons. The van der Waals surface area contributed by atoms with Crippen LogP contribution in [-0.2, 0) is 10.0 Å². The van der Waals surface area contributed by atoms with Crippen LogP contribution in [0.15, 0.2) is 27.6 Å². The van der Waals surface area contributed by atoms with Crippen LogP contribution in [0.5, 0.6) is 0 Å². The molecule has 2 rings (SSSR count). The van der Waals surface area contributed by atoms with Crippen molar-refractivity contribution in [3.63, 3.8) is 0 Å². The summed E-state index contributed by atoms with van der Waals surface area (Å²) in [7, 11) is -3.50. The highest BCUT2D eigenvalue weighted by atomic mass is 79.9. The van der Waals surface area contributed by atoms with Crippen molar-refractivity contribution in [3.8, 4) is 6.07 Å². The number of rotatable bonds is 2. The molecule has 0 saturated carbocycles. The van der Waals surface area contributed by atoms with Gasteiger partial charge in [0.25, 0.3) is 0 Å². The van der Waals surface area contributed by atoms with Crippen LogP contribution in [-0.4, -0.2) is 38.9 Å². The SMILES string of the molecule is N#Cc1cc(Br)cc(S(=O)(=O)N2CCNCC2)c1. The Morgan fingerprint density at radius 3 is 2.56 bits per heavy atom. The molecule has 1 aromatic rings. The zero-order valence-electron chi connectivity index (χ0n) is 9.56. The number of benzene rings is 1. The quantitative estimate of drug-likeness (QED) is 0.875. The number of hydrogen-bond donors (Lipinski definition) is 1. The van der Waals surface area contributed by atoms with Gasteiger partial charge in [-0.2, -0.15) is 9.57 Å². The van der Waals surface area contributed by atoms with Crippen LogP contribution in [0, 0.1) is 11.3 Å². The molecule has 1 N–H and O–H groups in total. The van der Waals surface area contributed by atoms with Crippen molar-refractivity contribution in [2.24, 2.45) is 0 Å². The molecule has 1 saturated heterocycles. The van der Waals surface area contributed by atoms with E-state index in [1.165, 1.54) is 16.4 Å². The van der Waals surface area contributed by atoms with Crippen LogP contribution in [0.4, 0.5) is 0 Å². The first kappa shape index (κ1) is 13.5. The number of hydrogen-bond acceptors (Lipinski definition) is 4. The second kappa shape index (κ2) is 5.36. The van der Waals surface area contributed by atoms with Gasteiger partial charge in [-0.05, 0) is 18.2 Å². The lowest BCUT2D eigenvalue weighted by molar-refractivity contribution is 0.360. The number of halogens is 1. The minimum absolute atomic E-state index is 0.162. The van der Waals surface area contributed by atoms with Gasteiger partial charge in [0.1, 0.15) is 0 Å². The maximum Gasteiger partial charge on any atom is 0.243 e. The summed E-state index contributed by atoms with van der Waals surface area (Å²) in [5.41, 5.74) is 0.332. The van der Waals surface area contributed by atoms with E-state index in [1.54, 1.807) is 6.07 Å². The van der Waals surface area contributed by atoms with E-state index in [2.05, 4.69) is 21.2 Å². The third-order valence-electron chi connectivity index (χ3n) is 2.71. The third-order valence-corrected chi connectivity index (χ3v) is 5.05. The van der Waals surface area contributed by atoms with Crippen LogP contribution in [0.2, 0.25) is 0 Å². The Kier molecular flexibility index (Phi) is 4.02. The lowest BCUT2D eigenvalue weighted by Gasteiger charge is -2.26. The summed E-state index contributed by atoms with van der Waals surface area (Å²) < 4.78 is 26.8. The fourth-order valence-corrected chi connectivity index (χ4v) is 3.97. The Balaban J connectivity index is 2.40. The van der Waals surface area contributed by atoms with Gasteiger partial charge in [-0.3, -0.25) is 0 Å². The molecule has 0 aliphatic carbocycles. The molecule has 1 aliphatic rings. The highest BCUT2D eigenvalue weighted by Gasteiger charge is 2.26. The first-order valence-corrected chi connectivity index (χ1v) is 7.69. The van der Waals surface area contributed by atoms with Crippen LogP contribution in [0.3, 0.4) is 0 Å². The van der Waals surface area contributed by atoms with Crippen molar-refractivity contribution in [1.29, 1.82) is 5.26 Å². The first-order chi connectivity index (χ1) is 8.54. The smallest absolute Gasteiger partial charge is 0.243 e. The minimum Gasteiger partial charge on any atom is -0.314 e. The minimum atomic E-state index is -3.50. The second-order valence-corrected chi connectivity index (χ2v) is 6.80. The summed E-state index contributed by atoms with van der Waals surface area (Å²) in [4.78, 5) is 0.162. The Hall–Kier alpha value is -0.940. The van der Waals surface area contributed by atoms with Crippen molar-refractivity contribution in [2.45, 2.75) is 4.90 Å². The van der Waals surface area contributed by atoms with Crippen LogP contribution in [0.1, 0.15) is 5.56 Å². The molecule has 5 nitrogen and oxygen atoms in total. The number of nitriles is 1. The fourth-order valence-electron chi connectivity index (χ4n) is 1.81. The van der Waals surface area contributed by atoms with Crippen molar-refractivity contribution in [2.75, 3.05) is 26.2 Å². The molecular formula is C11H12BrN3O2S. The molecule has 1 fully saturated rings. The number of piperazine rings is 1. The predicted molar refractivity (Wildman–Crippen MR) is 70.5 cm³/mol. The lowest BCUT2D eigenvalue weighted by Crippen LogP contribution is -2.46. The van der Waals surface area contributed by atoms with Gasteiger partial charge in [0.05, 0.1) is 16.5 Å². The van der Waals surface area contributed by atoms with E-state index >= 15 is 0 Å². The van der Waals surface area contributed by atoms with Crippen LogP contribution >= 0.6 is 15.9 Å². The highest BCUT2D eigenvalue weighted by Crippen LogP contribution is 2.22. The molecule has 0 amide bonds. The van der Waals surface area contributed by atoms with E-state index in [1.807, 2.05) is 6.07 Å². The maximum atomic E-state index is 12.4. The predicted octanol–water partition coefficient (Wildman–Crippen LogP) is 0.915. The molecule has 1 aliphatic heterocycles. The Labute approximate surface area is 115 Å². The molecular weight excluding hydrogens is 318 g/mol. The van der Waals surface area contributed by atoms with Crippen LogP contribution < -0.4 is 5.32 Å². The molecule has 0 spiro atoms. The molecule has 1 aromatic carbocycles. The monoisotopic (exact) mass is 329 g/mol.